The van der Waals surface area contributed by atoms with E-state index in [-0.39, 0.29) is 41.6 Å². The van der Waals surface area contributed by atoms with Crippen molar-refractivity contribution < 1.29 is 29.4 Å². The largest absolute Gasteiger partial charge is 0.481 e. The first-order valence-electron chi connectivity index (χ1n) is 19.3. The van der Waals surface area contributed by atoms with Crippen molar-refractivity contribution in [2.45, 2.75) is 89.8 Å². The molecule has 0 aromatic carbocycles. The third kappa shape index (κ3) is 9.68. The van der Waals surface area contributed by atoms with Crippen LogP contribution in [0.4, 0.5) is 0 Å². The van der Waals surface area contributed by atoms with Gasteiger partial charge in [0.1, 0.15) is 0 Å². The predicted octanol–water partition coefficient (Wildman–Crippen LogP) is 1.63. The van der Waals surface area contributed by atoms with Crippen molar-refractivity contribution in [3.05, 3.63) is 88.7 Å². The number of thioether (sulfide) groups is 2. The summed E-state index contributed by atoms with van der Waals surface area (Å²) in [4.78, 5) is 62.8. The summed E-state index contributed by atoms with van der Waals surface area (Å²) in [5.74, 6) is -1.46. The SMILES string of the molecule is CNC(=O)[C@H](N)CS[C@H](C)c1c2[nH]c(c1C)C=c1[nH]c(c(C)c1[C@@H](C)SC[C@H](N)C(=O)NC)=Cc1[nH]c(c(CCC(=O)O)c1C)C=c1[nH]c(c(C)c1CCC(=O)O)=C2. The first-order valence-corrected chi connectivity index (χ1v) is 21.4. The highest BCUT2D eigenvalue weighted by molar-refractivity contribution is 7.99. The number of fused-ring (bicyclic) bond motifs is 8. The number of likely N-dealkylation sites (N-methyl/N-ethyl adjacent to an activating group) is 2. The molecule has 4 aromatic rings. The van der Waals surface area contributed by atoms with Gasteiger partial charge in [0.05, 0.1) is 12.1 Å². The average molecular weight is 833 g/mol. The maximum Gasteiger partial charge on any atom is 0.303 e. The quantitative estimate of drug-likeness (QED) is 0.0689. The Morgan fingerprint density at radius 3 is 1.60 bits per heavy atom. The van der Waals surface area contributed by atoms with Gasteiger partial charge in [-0.3, -0.25) is 19.2 Å². The Balaban J connectivity index is 1.84. The Kier molecular flexibility index (Phi) is 14.3. The number of nitrogens with one attached hydrogen (secondary N) is 6. The van der Waals surface area contributed by atoms with Gasteiger partial charge in [0.15, 0.2) is 0 Å². The van der Waals surface area contributed by atoms with E-state index in [9.17, 15) is 29.4 Å². The van der Waals surface area contributed by atoms with Crippen LogP contribution in [0.5, 0.6) is 0 Å². The highest BCUT2D eigenvalue weighted by Crippen LogP contribution is 2.36. The van der Waals surface area contributed by atoms with E-state index in [0.717, 1.165) is 88.7 Å². The number of nitrogens with two attached hydrogens (primary N) is 2. The van der Waals surface area contributed by atoms with Crippen LogP contribution in [-0.2, 0) is 32.0 Å². The minimum atomic E-state index is -0.907. The summed E-state index contributed by atoms with van der Waals surface area (Å²) < 4.78 is 0. The van der Waals surface area contributed by atoms with E-state index in [1.54, 1.807) is 37.6 Å². The number of aromatic nitrogens is 4. The van der Waals surface area contributed by atoms with Crippen LogP contribution in [0.25, 0.3) is 24.3 Å². The van der Waals surface area contributed by atoms with Crippen LogP contribution in [0.3, 0.4) is 0 Å². The lowest BCUT2D eigenvalue weighted by Gasteiger charge is -2.16. The number of hydrogen-bond donors (Lipinski definition) is 10. The molecule has 4 aromatic heterocycles. The van der Waals surface area contributed by atoms with Gasteiger partial charge in [0, 0.05) is 93.1 Å². The molecule has 8 bridgehead atoms. The molecule has 14 nitrogen and oxygen atoms in total. The van der Waals surface area contributed by atoms with Crippen molar-refractivity contribution in [3.63, 3.8) is 0 Å². The molecule has 5 rings (SSSR count). The second-order valence-electron chi connectivity index (χ2n) is 14.9. The topological polar surface area (TPSA) is 248 Å². The summed E-state index contributed by atoms with van der Waals surface area (Å²) in [6.07, 6.45) is 8.61. The molecule has 0 fully saturated rings. The third-order valence-corrected chi connectivity index (χ3v) is 13.6. The molecular weight excluding hydrogens is 777 g/mol. The van der Waals surface area contributed by atoms with Gasteiger partial charge in [0.25, 0.3) is 0 Å². The fraction of sp³-hybridized carbons (Fsp3) is 0.429. The molecule has 0 spiro atoms. The van der Waals surface area contributed by atoms with E-state index in [0.29, 0.717) is 17.9 Å². The van der Waals surface area contributed by atoms with Crippen LogP contribution in [-0.4, -0.2) is 91.6 Å². The van der Waals surface area contributed by atoms with Gasteiger partial charge >= 0.3 is 11.9 Å². The molecule has 5 heterocycles. The fourth-order valence-corrected chi connectivity index (χ4v) is 9.87. The molecule has 0 radical (unpaired) electrons. The van der Waals surface area contributed by atoms with E-state index < -0.39 is 24.0 Å². The number of carbonyl (C=O) groups excluding carboxylic acids is 2. The minimum Gasteiger partial charge on any atom is -0.481 e. The van der Waals surface area contributed by atoms with Gasteiger partial charge in [0.2, 0.25) is 11.8 Å². The van der Waals surface area contributed by atoms with Gasteiger partial charge < -0.3 is 52.2 Å². The third-order valence-electron chi connectivity index (χ3n) is 11.0. The highest BCUT2D eigenvalue weighted by atomic mass is 32.2. The standard InChI is InChI=1S/C42H56N8O6S2/c1-19-25(9-11-37(51)52)33-16-34-26(10-12-38(53)54)20(2)30(48-34)14-35-40(24(6)58-18-28(44)42(56)46-8)22(4)32(50-35)15-36-39(21(3)31(49-36)13-29(19)47-33)23(5)57-17-27(43)41(55)45-7/h13-16,23-24,27-28,47-50H,9-12,17-18,43-44H2,1-8H3,(H,45,55)(H,46,56)(H,51,52)(H,53,54)/t23-,24-,27+,28-/m1/s1. The predicted molar refractivity (Wildman–Crippen MR) is 233 cm³/mol. The van der Waals surface area contributed by atoms with Crippen molar-refractivity contribution >= 4 is 71.6 Å². The molecule has 312 valence electrons. The summed E-state index contributed by atoms with van der Waals surface area (Å²) in [7, 11) is 3.14. The lowest BCUT2D eigenvalue weighted by molar-refractivity contribution is -0.138. The summed E-state index contributed by atoms with van der Waals surface area (Å²) >= 11 is 3.18. The molecule has 12 N–H and O–H groups in total. The number of carboxylic acid groups (broad SMARTS) is 2. The van der Waals surface area contributed by atoms with Gasteiger partial charge in [-0.05, 0) is 123 Å². The van der Waals surface area contributed by atoms with Gasteiger partial charge in [-0.15, -0.1) is 0 Å². The molecule has 58 heavy (non-hydrogen) atoms. The number of hydrogen-bond acceptors (Lipinski definition) is 8. The van der Waals surface area contributed by atoms with Gasteiger partial charge in [-0.25, -0.2) is 0 Å². The average Bonchev–Trinajstić information content (AvgIpc) is 3.85. The number of amides is 2. The molecule has 0 saturated heterocycles. The molecule has 2 amide bonds. The van der Waals surface area contributed by atoms with Crippen LogP contribution in [0.2, 0.25) is 0 Å². The zero-order valence-electron chi connectivity index (χ0n) is 34.4. The van der Waals surface area contributed by atoms with Crippen LogP contribution >= 0.6 is 23.5 Å². The Morgan fingerprint density at radius 2 is 1.03 bits per heavy atom. The van der Waals surface area contributed by atoms with Crippen LogP contribution < -0.4 is 43.5 Å². The number of H-pyrrole nitrogens is 4. The van der Waals surface area contributed by atoms with Crippen LogP contribution in [0, 0.1) is 27.7 Å². The second kappa shape index (κ2) is 18.8. The number of carboxylic acids is 2. The molecule has 0 aliphatic carbocycles. The normalized spacial score (nSPS) is 14.2. The molecule has 4 atom stereocenters. The molecule has 1 aliphatic heterocycles. The van der Waals surface area contributed by atoms with E-state index in [4.69, 9.17) is 11.5 Å². The smallest absolute Gasteiger partial charge is 0.303 e. The second-order valence-corrected chi connectivity index (χ2v) is 17.6. The molecule has 0 saturated carbocycles. The lowest BCUT2D eigenvalue weighted by Crippen LogP contribution is -2.40. The Hall–Kier alpha value is -4.90. The number of aromatic amines is 4. The van der Waals surface area contributed by atoms with Crippen LogP contribution in [0.15, 0.2) is 0 Å². The first kappa shape index (κ1) is 44.2. The van der Waals surface area contributed by atoms with E-state index >= 15 is 0 Å². The summed E-state index contributed by atoms with van der Waals surface area (Å²) in [5, 5.41) is 27.8. The highest BCUT2D eigenvalue weighted by Gasteiger charge is 2.24. The maximum absolute atomic E-state index is 12.3. The number of carbonyl (C=O) groups is 4. The maximum atomic E-state index is 12.3. The van der Waals surface area contributed by atoms with Crippen molar-refractivity contribution in [2.24, 2.45) is 11.5 Å². The minimum absolute atomic E-state index is 0.0625. The monoisotopic (exact) mass is 832 g/mol. The lowest BCUT2D eigenvalue weighted by atomic mass is 10.0. The van der Waals surface area contributed by atoms with Gasteiger partial charge in [-0.1, -0.05) is 0 Å². The zero-order chi connectivity index (χ0) is 42.6. The zero-order valence-corrected chi connectivity index (χ0v) is 36.0. The number of rotatable bonds is 16. The Morgan fingerprint density at radius 1 is 0.586 bits per heavy atom. The van der Waals surface area contributed by atoms with Crippen molar-refractivity contribution in [1.29, 1.82) is 0 Å². The van der Waals surface area contributed by atoms with E-state index in [1.807, 2.05) is 32.1 Å². The van der Waals surface area contributed by atoms with Crippen LogP contribution in [0.1, 0.15) is 104 Å². The summed E-state index contributed by atoms with van der Waals surface area (Å²) in [5.41, 5.74) is 23.4. The molecule has 16 heteroatoms. The van der Waals surface area contributed by atoms with E-state index in [1.165, 1.54) is 0 Å². The van der Waals surface area contributed by atoms with E-state index in [2.05, 4.69) is 64.3 Å². The van der Waals surface area contributed by atoms with Crippen molar-refractivity contribution in [2.75, 3.05) is 25.6 Å². The summed E-state index contributed by atoms with van der Waals surface area (Å²) in [6, 6.07) is -1.36. The Bertz CT molecular complexity index is 2470. The molecule has 1 aliphatic rings. The first-order chi connectivity index (χ1) is 27.4. The van der Waals surface area contributed by atoms with Crippen molar-refractivity contribution in [3.8, 4) is 0 Å². The Labute approximate surface area is 345 Å². The molecular formula is C42H56N8O6S2. The summed E-state index contributed by atoms with van der Waals surface area (Å²) in [6.45, 7) is 12.3. The van der Waals surface area contributed by atoms with Crippen molar-refractivity contribution in [1.82, 2.24) is 30.6 Å². The molecule has 0 unspecified atom stereocenters. The van der Waals surface area contributed by atoms with Gasteiger partial charge in [-0.2, -0.15) is 23.5 Å². The fourth-order valence-electron chi connectivity index (χ4n) is 7.63. The number of aliphatic carboxylic acids is 2.